The predicted octanol–water partition coefficient (Wildman–Crippen LogP) is 0.462. The molecule has 0 saturated carbocycles. The average molecular weight is 283 g/mol. The Labute approximate surface area is 109 Å². The van der Waals surface area contributed by atoms with E-state index in [-0.39, 0.29) is 0 Å². The fraction of sp³-hybridized carbons (Fsp3) is 1.00. The molecule has 5 nitrogen and oxygen atoms in total. The molecule has 1 rings (SSSR count). The summed E-state index contributed by atoms with van der Waals surface area (Å²) in [6.45, 7) is 6.12. The van der Waals surface area contributed by atoms with Gasteiger partial charge in [-0.3, -0.25) is 0 Å². The zero-order chi connectivity index (χ0) is 14.2. The van der Waals surface area contributed by atoms with Crippen LogP contribution in [-0.2, 0) is 21.4 Å². The molecule has 1 unspecified atom stereocenters. The monoisotopic (exact) mass is 283 g/mol. The predicted molar refractivity (Wildman–Crippen MR) is 70.5 cm³/mol. The lowest BCUT2D eigenvalue weighted by atomic mass is 10.1. The molecule has 0 amide bonds. The fourth-order valence-electron chi connectivity index (χ4n) is 1.47. The Kier molecular flexibility index (Phi) is 4.35. The summed E-state index contributed by atoms with van der Waals surface area (Å²) in [5.74, 6) is 0. The van der Waals surface area contributed by atoms with Gasteiger partial charge in [0, 0.05) is 24.5 Å². The number of rotatable bonds is 3. The van der Waals surface area contributed by atoms with Crippen molar-refractivity contribution < 1.29 is 14.3 Å². The summed E-state index contributed by atoms with van der Waals surface area (Å²) in [5, 5.41) is 0. The average Bonchev–Trinajstić information content (AvgIpc) is 2.14. The minimum absolute atomic E-state index is 0.302. The lowest BCUT2D eigenvalue weighted by Crippen LogP contribution is -2.50. The first-order chi connectivity index (χ1) is 7.94. The number of hydrogen-bond donors (Lipinski definition) is 1. The third kappa shape index (κ3) is 4.75. The van der Waals surface area contributed by atoms with Gasteiger partial charge in [0.15, 0.2) is 0 Å². The first-order valence-electron chi connectivity index (χ1n) is 6.09. The summed E-state index contributed by atoms with van der Waals surface area (Å²) < 4.78 is 46.6. The largest absolute Gasteiger partial charge is 0.598 e. The van der Waals surface area contributed by atoms with Crippen molar-refractivity contribution in [2.24, 2.45) is 0 Å². The van der Waals surface area contributed by atoms with Gasteiger partial charge in [0.2, 0.25) is 10.0 Å². The van der Waals surface area contributed by atoms with E-state index in [0.29, 0.717) is 25.9 Å². The number of nitrogens with one attached hydrogen (secondary N) is 1. The topological polar surface area (TPSA) is 72.5 Å². The molecule has 1 aliphatic heterocycles. The van der Waals surface area contributed by atoms with Gasteiger partial charge < -0.3 is 4.55 Å². The van der Waals surface area contributed by atoms with Crippen LogP contribution in [0.4, 0.5) is 0 Å². The Morgan fingerprint density at radius 3 is 2.24 bits per heavy atom. The highest BCUT2D eigenvalue weighted by atomic mass is 32.2. The summed E-state index contributed by atoms with van der Waals surface area (Å²) in [4.78, 5) is 0. The van der Waals surface area contributed by atoms with Crippen LogP contribution in [0, 0.1) is 0 Å². The van der Waals surface area contributed by atoms with E-state index in [2.05, 4.69) is 4.72 Å². The molecule has 0 aromatic carbocycles. The molecule has 17 heavy (non-hydrogen) atoms. The van der Waals surface area contributed by atoms with Crippen molar-refractivity contribution in [1.29, 1.82) is 0 Å². The van der Waals surface area contributed by atoms with Gasteiger partial charge in [-0.25, -0.2) is 12.7 Å². The molecular weight excluding hydrogens is 260 g/mol. The lowest BCUT2D eigenvalue weighted by molar-refractivity contribution is 0.309. The molecule has 102 valence electrons. The van der Waals surface area contributed by atoms with Crippen molar-refractivity contribution in [3.05, 3.63) is 0 Å². The van der Waals surface area contributed by atoms with Crippen molar-refractivity contribution in [1.82, 2.24) is 9.03 Å². The van der Waals surface area contributed by atoms with Crippen LogP contribution in [0.5, 0.6) is 0 Å². The van der Waals surface area contributed by atoms with Gasteiger partial charge in [-0.05, 0) is 33.6 Å². The fourth-order valence-corrected chi connectivity index (χ4v) is 3.09. The Bertz CT molecular complexity index is 386. The number of sulfonamides is 1. The molecule has 1 heterocycles. The minimum Gasteiger partial charge on any atom is -0.598 e. The second-order valence-electron chi connectivity index (χ2n) is 5.25. The van der Waals surface area contributed by atoms with Crippen LogP contribution in [0.25, 0.3) is 0 Å². The third-order valence-corrected chi connectivity index (χ3v) is 5.48. The number of hydrogen-bond acceptors (Lipinski definition) is 4. The highest BCUT2D eigenvalue weighted by Gasteiger charge is 2.32. The van der Waals surface area contributed by atoms with Gasteiger partial charge in [-0.2, -0.15) is 0 Å². The van der Waals surface area contributed by atoms with Crippen LogP contribution in [0.15, 0.2) is 0 Å². The van der Waals surface area contributed by atoms with E-state index in [9.17, 15) is 13.0 Å². The highest BCUT2D eigenvalue weighted by molar-refractivity contribution is 7.90. The highest BCUT2D eigenvalue weighted by Crippen LogP contribution is 2.18. The van der Waals surface area contributed by atoms with E-state index in [4.69, 9.17) is 1.37 Å². The van der Waals surface area contributed by atoms with Crippen LogP contribution in [0.3, 0.4) is 0 Å². The van der Waals surface area contributed by atoms with E-state index >= 15 is 0 Å². The Balaban J connectivity index is 2.60. The molecule has 1 fully saturated rings. The number of nitrogens with zero attached hydrogens (tertiary/aromatic N) is 1. The molecule has 7 heteroatoms. The maximum absolute atomic E-state index is 12.0. The SMILES string of the molecule is [2H]C1(N[S+]([O-])C(C)(C)C)CCN(S(C)(=O)=O)CC1. The second-order valence-corrected chi connectivity index (χ2v) is 9.20. The molecule has 0 spiro atoms. The van der Waals surface area contributed by atoms with Crippen molar-refractivity contribution in [2.45, 2.75) is 44.4 Å². The minimum atomic E-state index is -3.19. The molecule has 1 atom stereocenters. The van der Waals surface area contributed by atoms with Gasteiger partial charge >= 0.3 is 0 Å². The standard InChI is InChI=1S/C10H22N2O3S2/c1-10(2,3)16(13)11-9-5-7-12(8-6-9)17(4,14)15/h9,11H,5-8H2,1-4H3/i9D. The van der Waals surface area contributed by atoms with E-state index in [1.54, 1.807) is 0 Å². The van der Waals surface area contributed by atoms with E-state index in [1.165, 1.54) is 10.6 Å². The first-order valence-corrected chi connectivity index (χ1v) is 8.59. The van der Waals surface area contributed by atoms with Gasteiger partial charge in [0.1, 0.15) is 4.75 Å². The summed E-state index contributed by atoms with van der Waals surface area (Å²) in [6, 6.07) is -1.00. The van der Waals surface area contributed by atoms with Crippen molar-refractivity contribution >= 4 is 21.4 Å². The smallest absolute Gasteiger partial charge is 0.211 e. The van der Waals surface area contributed by atoms with Crippen molar-refractivity contribution in [3.63, 3.8) is 0 Å². The summed E-state index contributed by atoms with van der Waals surface area (Å²) in [5.41, 5.74) is 0. The Hall–Kier alpha value is 0.180. The lowest BCUT2D eigenvalue weighted by Gasteiger charge is -2.33. The van der Waals surface area contributed by atoms with Crippen molar-refractivity contribution in [2.75, 3.05) is 19.3 Å². The van der Waals surface area contributed by atoms with Gasteiger partial charge in [0.05, 0.1) is 13.6 Å². The van der Waals surface area contributed by atoms with Crippen molar-refractivity contribution in [3.8, 4) is 0 Å². The normalized spacial score (nSPS) is 25.4. The summed E-state index contributed by atoms with van der Waals surface area (Å²) in [7, 11) is -3.19. The van der Waals surface area contributed by atoms with Crippen LogP contribution >= 0.6 is 0 Å². The Morgan fingerprint density at radius 1 is 1.41 bits per heavy atom. The number of piperidine rings is 1. The zero-order valence-electron chi connectivity index (χ0n) is 11.8. The Morgan fingerprint density at radius 2 is 1.88 bits per heavy atom. The van der Waals surface area contributed by atoms with Gasteiger partial charge in [-0.1, -0.05) is 0 Å². The molecule has 0 bridgehead atoms. The molecule has 1 N–H and O–H groups in total. The summed E-state index contributed by atoms with van der Waals surface area (Å²) >= 11 is -1.31. The quantitative estimate of drug-likeness (QED) is 0.764. The molecule has 0 aliphatic carbocycles. The van der Waals surface area contributed by atoms with Crippen LogP contribution in [0.1, 0.15) is 35.0 Å². The third-order valence-electron chi connectivity index (χ3n) is 2.59. The van der Waals surface area contributed by atoms with Gasteiger partial charge in [0.25, 0.3) is 0 Å². The molecule has 0 radical (unpaired) electrons. The van der Waals surface area contributed by atoms with E-state index < -0.39 is 32.2 Å². The maximum Gasteiger partial charge on any atom is 0.211 e. The van der Waals surface area contributed by atoms with E-state index in [1.807, 2.05) is 20.8 Å². The molecule has 0 aromatic heterocycles. The summed E-state index contributed by atoms with van der Waals surface area (Å²) in [6.07, 6.45) is 1.87. The molecule has 0 aromatic rings. The molecule has 1 aliphatic rings. The molecular formula is C10H22N2O3S2. The van der Waals surface area contributed by atoms with Crippen LogP contribution in [0.2, 0.25) is 0 Å². The molecule has 1 saturated heterocycles. The van der Waals surface area contributed by atoms with Crippen LogP contribution in [-0.4, -0.2) is 47.4 Å². The zero-order valence-corrected chi connectivity index (χ0v) is 12.4. The second kappa shape index (κ2) is 5.44. The maximum atomic E-state index is 12.0. The van der Waals surface area contributed by atoms with E-state index in [0.717, 1.165) is 0 Å². The van der Waals surface area contributed by atoms with Crippen LogP contribution < -0.4 is 4.72 Å². The first kappa shape index (κ1) is 13.6. The van der Waals surface area contributed by atoms with Gasteiger partial charge in [-0.15, -0.1) is 4.72 Å².